The molecule has 8 nitrogen and oxygen atoms in total. The van der Waals surface area contributed by atoms with Gasteiger partial charge >= 0.3 is 0 Å². The Hall–Kier alpha value is -4.12. The molecule has 2 N–H and O–H groups in total. The highest BCUT2D eigenvalue weighted by Crippen LogP contribution is 2.34. The lowest BCUT2D eigenvalue weighted by molar-refractivity contribution is 0.102. The summed E-state index contributed by atoms with van der Waals surface area (Å²) >= 11 is 0. The summed E-state index contributed by atoms with van der Waals surface area (Å²) in [5.74, 6) is 1.17. The monoisotopic (exact) mass is 359 g/mol. The molecule has 1 aromatic heterocycles. The van der Waals surface area contributed by atoms with Crippen molar-refractivity contribution < 1.29 is 14.3 Å². The fourth-order valence-corrected chi connectivity index (χ4v) is 2.51. The highest BCUT2D eigenvalue weighted by atomic mass is 16.7. The summed E-state index contributed by atoms with van der Waals surface area (Å²) in [7, 11) is 0. The van der Waals surface area contributed by atoms with Crippen molar-refractivity contribution >= 4 is 23.2 Å². The lowest BCUT2D eigenvalue weighted by Crippen LogP contribution is -2.14. The van der Waals surface area contributed by atoms with Crippen LogP contribution in [0, 0.1) is 11.3 Å². The van der Waals surface area contributed by atoms with Crippen molar-refractivity contribution in [2.45, 2.75) is 0 Å². The number of carbonyl (C=O) groups is 1. The van der Waals surface area contributed by atoms with E-state index >= 15 is 0 Å². The molecule has 0 saturated carbocycles. The normalized spacial score (nSPS) is 11.5. The maximum absolute atomic E-state index is 12.4. The Morgan fingerprint density at radius 2 is 1.96 bits per heavy atom. The van der Waals surface area contributed by atoms with E-state index in [9.17, 15) is 4.79 Å². The molecule has 1 aliphatic rings. The quantitative estimate of drug-likeness (QED) is 0.737. The van der Waals surface area contributed by atoms with Crippen molar-refractivity contribution in [3.05, 3.63) is 66.0 Å². The SMILES string of the molecule is N#Cc1cccc(NC(=O)c2ccnc(Nc3ccc4c(c3)OCO4)n2)c1. The van der Waals surface area contributed by atoms with E-state index in [2.05, 4.69) is 20.6 Å². The number of fused-ring (bicyclic) bond motifs is 1. The number of carbonyl (C=O) groups excluding carboxylic acids is 1. The van der Waals surface area contributed by atoms with Gasteiger partial charge in [-0.05, 0) is 36.4 Å². The average Bonchev–Trinajstić information content (AvgIpc) is 3.16. The molecule has 0 fully saturated rings. The molecule has 2 heterocycles. The topological polar surface area (TPSA) is 109 Å². The number of anilines is 3. The molecular formula is C19H13N5O3. The molecular weight excluding hydrogens is 346 g/mol. The van der Waals surface area contributed by atoms with E-state index in [1.165, 1.54) is 12.3 Å². The molecule has 1 amide bonds. The van der Waals surface area contributed by atoms with E-state index < -0.39 is 5.91 Å². The smallest absolute Gasteiger partial charge is 0.274 e. The second kappa shape index (κ2) is 7.01. The first-order valence-electron chi connectivity index (χ1n) is 8.02. The van der Waals surface area contributed by atoms with E-state index in [0.717, 1.165) is 0 Å². The standard InChI is InChI=1S/C19H13N5O3/c20-10-12-2-1-3-13(8-12)22-18(25)15-6-7-21-19(24-15)23-14-4-5-16-17(9-14)27-11-26-16/h1-9H,11H2,(H,22,25)(H,21,23,24). The third-order valence-corrected chi connectivity index (χ3v) is 3.77. The Kier molecular flexibility index (Phi) is 4.25. The van der Waals surface area contributed by atoms with Crippen LogP contribution < -0.4 is 20.1 Å². The molecule has 0 spiro atoms. The molecule has 2 aromatic carbocycles. The number of rotatable bonds is 4. The number of nitriles is 1. The molecule has 3 aromatic rings. The molecule has 0 aliphatic carbocycles. The minimum absolute atomic E-state index is 0.190. The number of hydrogen-bond acceptors (Lipinski definition) is 7. The molecule has 0 unspecified atom stereocenters. The largest absolute Gasteiger partial charge is 0.454 e. The van der Waals surface area contributed by atoms with E-state index in [1.54, 1.807) is 42.5 Å². The fourth-order valence-electron chi connectivity index (χ4n) is 2.51. The zero-order valence-corrected chi connectivity index (χ0v) is 14.0. The second-order valence-corrected chi connectivity index (χ2v) is 5.61. The van der Waals surface area contributed by atoms with Gasteiger partial charge in [-0.3, -0.25) is 4.79 Å². The molecule has 132 valence electrons. The van der Waals surface area contributed by atoms with Gasteiger partial charge in [0.05, 0.1) is 11.6 Å². The maximum Gasteiger partial charge on any atom is 0.274 e. The first-order chi connectivity index (χ1) is 13.2. The third kappa shape index (κ3) is 3.62. The van der Waals surface area contributed by atoms with Crippen molar-refractivity contribution in [3.8, 4) is 17.6 Å². The zero-order chi connectivity index (χ0) is 18.6. The van der Waals surface area contributed by atoms with Gasteiger partial charge < -0.3 is 20.1 Å². The molecule has 27 heavy (non-hydrogen) atoms. The second-order valence-electron chi connectivity index (χ2n) is 5.61. The summed E-state index contributed by atoms with van der Waals surface area (Å²) in [5.41, 5.74) is 1.87. The van der Waals surface area contributed by atoms with E-state index in [-0.39, 0.29) is 18.4 Å². The minimum atomic E-state index is -0.402. The van der Waals surface area contributed by atoms with Gasteiger partial charge in [-0.2, -0.15) is 5.26 Å². The predicted octanol–water partition coefficient (Wildman–Crippen LogP) is 3.07. The van der Waals surface area contributed by atoms with Crippen LogP contribution in [0.4, 0.5) is 17.3 Å². The Bertz CT molecular complexity index is 1060. The number of amides is 1. The Labute approximate surface area is 154 Å². The third-order valence-electron chi connectivity index (χ3n) is 3.77. The van der Waals surface area contributed by atoms with Crippen molar-refractivity contribution in [1.82, 2.24) is 9.97 Å². The average molecular weight is 359 g/mol. The summed E-state index contributed by atoms with van der Waals surface area (Å²) in [6.45, 7) is 0.192. The van der Waals surface area contributed by atoms with Crippen LogP contribution in [-0.4, -0.2) is 22.7 Å². The van der Waals surface area contributed by atoms with Crippen LogP contribution >= 0.6 is 0 Å². The van der Waals surface area contributed by atoms with Gasteiger partial charge in [0, 0.05) is 23.6 Å². The molecule has 1 aliphatic heterocycles. The highest BCUT2D eigenvalue weighted by Gasteiger charge is 2.14. The molecule has 0 bridgehead atoms. The van der Waals surface area contributed by atoms with Gasteiger partial charge in [0.25, 0.3) is 5.91 Å². The Balaban J connectivity index is 1.50. The Morgan fingerprint density at radius 3 is 2.85 bits per heavy atom. The van der Waals surface area contributed by atoms with Crippen LogP contribution in [0.15, 0.2) is 54.7 Å². The van der Waals surface area contributed by atoms with E-state index in [0.29, 0.717) is 28.4 Å². The number of benzene rings is 2. The highest BCUT2D eigenvalue weighted by molar-refractivity contribution is 6.03. The Morgan fingerprint density at radius 1 is 1.07 bits per heavy atom. The molecule has 8 heteroatoms. The van der Waals surface area contributed by atoms with Crippen LogP contribution in [0.2, 0.25) is 0 Å². The summed E-state index contributed by atoms with van der Waals surface area (Å²) in [4.78, 5) is 20.8. The molecule has 0 radical (unpaired) electrons. The van der Waals surface area contributed by atoms with E-state index in [4.69, 9.17) is 14.7 Å². The van der Waals surface area contributed by atoms with Gasteiger partial charge in [-0.25, -0.2) is 9.97 Å². The van der Waals surface area contributed by atoms with Gasteiger partial charge in [-0.15, -0.1) is 0 Å². The predicted molar refractivity (Wildman–Crippen MR) is 97.0 cm³/mol. The lowest BCUT2D eigenvalue weighted by Gasteiger charge is -2.08. The van der Waals surface area contributed by atoms with Crippen molar-refractivity contribution in [3.63, 3.8) is 0 Å². The van der Waals surface area contributed by atoms with Crippen LogP contribution in [0.5, 0.6) is 11.5 Å². The van der Waals surface area contributed by atoms with Gasteiger partial charge in [-0.1, -0.05) is 6.07 Å². The number of ether oxygens (including phenoxy) is 2. The number of nitrogens with one attached hydrogen (secondary N) is 2. The number of hydrogen-bond donors (Lipinski definition) is 2. The maximum atomic E-state index is 12.4. The van der Waals surface area contributed by atoms with Crippen molar-refractivity contribution in [2.24, 2.45) is 0 Å². The summed E-state index contributed by atoms with van der Waals surface area (Å²) in [5, 5.41) is 14.7. The van der Waals surface area contributed by atoms with Crippen molar-refractivity contribution in [1.29, 1.82) is 5.26 Å². The first-order valence-corrected chi connectivity index (χ1v) is 8.02. The van der Waals surface area contributed by atoms with Gasteiger partial charge in [0.15, 0.2) is 11.5 Å². The minimum Gasteiger partial charge on any atom is -0.454 e. The fraction of sp³-hybridized carbons (Fsp3) is 0.0526. The lowest BCUT2D eigenvalue weighted by atomic mass is 10.2. The summed E-state index contributed by atoms with van der Waals surface area (Å²) < 4.78 is 10.6. The molecule has 4 rings (SSSR count). The number of nitrogens with zero attached hydrogens (tertiary/aromatic N) is 3. The summed E-state index contributed by atoms with van der Waals surface area (Å²) in [6.07, 6.45) is 1.49. The molecule has 0 saturated heterocycles. The number of aromatic nitrogens is 2. The zero-order valence-electron chi connectivity index (χ0n) is 14.0. The molecule has 0 atom stereocenters. The van der Waals surface area contributed by atoms with Crippen LogP contribution in [0.1, 0.15) is 16.1 Å². The van der Waals surface area contributed by atoms with E-state index in [1.807, 2.05) is 6.07 Å². The van der Waals surface area contributed by atoms with Crippen LogP contribution in [0.3, 0.4) is 0 Å². The van der Waals surface area contributed by atoms with Gasteiger partial charge in [0.2, 0.25) is 12.7 Å². The van der Waals surface area contributed by atoms with Crippen LogP contribution in [0.25, 0.3) is 0 Å². The van der Waals surface area contributed by atoms with Crippen LogP contribution in [-0.2, 0) is 0 Å². The van der Waals surface area contributed by atoms with Gasteiger partial charge in [0.1, 0.15) is 5.69 Å². The van der Waals surface area contributed by atoms with Crippen molar-refractivity contribution in [2.75, 3.05) is 17.4 Å². The summed E-state index contributed by atoms with van der Waals surface area (Å²) in [6, 6.07) is 15.5. The first kappa shape index (κ1) is 16.4.